The summed E-state index contributed by atoms with van der Waals surface area (Å²) in [5.41, 5.74) is -1.12. The average Bonchev–Trinajstić information content (AvgIpc) is 2.51. The van der Waals surface area contributed by atoms with Crippen LogP contribution < -0.4 is 4.74 Å². The molecule has 2 aromatic rings. The van der Waals surface area contributed by atoms with Gasteiger partial charge in [0.15, 0.2) is 5.60 Å². The van der Waals surface area contributed by atoms with Gasteiger partial charge in [-0.3, -0.25) is 9.59 Å². The van der Waals surface area contributed by atoms with Crippen LogP contribution in [-0.2, 0) is 11.0 Å². The van der Waals surface area contributed by atoms with Gasteiger partial charge in [0.1, 0.15) is 5.75 Å². The lowest BCUT2D eigenvalue weighted by Crippen LogP contribution is -2.46. The van der Waals surface area contributed by atoms with Gasteiger partial charge in [-0.25, -0.2) is 0 Å². The van der Waals surface area contributed by atoms with Crippen LogP contribution >= 0.6 is 0 Å². The van der Waals surface area contributed by atoms with Gasteiger partial charge in [0.05, 0.1) is 11.1 Å². The summed E-state index contributed by atoms with van der Waals surface area (Å²) in [4.78, 5) is 24.0. The first kappa shape index (κ1) is 16.2. The number of hydrogen-bond donors (Lipinski definition) is 0. The number of ketones is 2. The fourth-order valence-corrected chi connectivity index (χ4v) is 2.57. The number of ether oxygens (including phenoxy) is 1. The van der Waals surface area contributed by atoms with Crippen LogP contribution in [0.2, 0.25) is 0 Å². The Hall–Kier alpha value is -2.63. The van der Waals surface area contributed by atoms with Gasteiger partial charge < -0.3 is 4.74 Å². The van der Waals surface area contributed by atoms with Crippen LogP contribution in [0.25, 0.3) is 11.1 Å². The molecule has 1 aliphatic heterocycles. The van der Waals surface area contributed by atoms with Crippen LogP contribution in [-0.4, -0.2) is 17.2 Å². The van der Waals surface area contributed by atoms with E-state index in [0.717, 1.165) is 12.1 Å². The van der Waals surface area contributed by atoms with E-state index in [-0.39, 0.29) is 11.3 Å². The van der Waals surface area contributed by atoms with Crippen molar-refractivity contribution in [3.05, 3.63) is 53.6 Å². The van der Waals surface area contributed by atoms with Gasteiger partial charge in [-0.1, -0.05) is 18.2 Å². The zero-order valence-electron chi connectivity index (χ0n) is 12.9. The van der Waals surface area contributed by atoms with Gasteiger partial charge in [-0.05, 0) is 49.2 Å². The molecule has 0 saturated carbocycles. The summed E-state index contributed by atoms with van der Waals surface area (Å²) in [6.07, 6.45) is -4.44. The molecule has 0 amide bonds. The Morgan fingerprint density at radius 3 is 2.29 bits per heavy atom. The number of carbonyl (C=O) groups is 2. The van der Waals surface area contributed by atoms with Crippen molar-refractivity contribution in [3.63, 3.8) is 0 Å². The molecular formula is C18H13F3O3. The Balaban J connectivity index is 2.07. The minimum Gasteiger partial charge on any atom is -0.479 e. The summed E-state index contributed by atoms with van der Waals surface area (Å²) in [5, 5.41) is 0. The first-order chi connectivity index (χ1) is 11.1. The third kappa shape index (κ3) is 2.68. The molecule has 0 bridgehead atoms. The van der Waals surface area contributed by atoms with Crippen molar-refractivity contribution in [2.45, 2.75) is 25.6 Å². The molecule has 3 rings (SSSR count). The van der Waals surface area contributed by atoms with Crippen molar-refractivity contribution in [3.8, 4) is 16.9 Å². The highest BCUT2D eigenvalue weighted by Gasteiger charge is 2.41. The Bertz CT molecular complexity index is 851. The molecule has 24 heavy (non-hydrogen) atoms. The molecule has 1 heterocycles. The van der Waals surface area contributed by atoms with Gasteiger partial charge in [0.2, 0.25) is 11.6 Å². The number of Topliss-reactive ketones (excluding diaryl/α,β-unsaturated/α-hetero) is 2. The molecule has 1 aliphatic rings. The topological polar surface area (TPSA) is 43.4 Å². The molecule has 0 aromatic heterocycles. The number of benzene rings is 2. The Labute approximate surface area is 136 Å². The zero-order chi connectivity index (χ0) is 17.7. The molecule has 0 spiro atoms. The largest absolute Gasteiger partial charge is 0.479 e. The van der Waals surface area contributed by atoms with Crippen LogP contribution in [0.3, 0.4) is 0 Å². The molecule has 0 radical (unpaired) electrons. The average molecular weight is 334 g/mol. The maximum Gasteiger partial charge on any atom is 0.416 e. The van der Waals surface area contributed by atoms with Crippen molar-refractivity contribution in [1.82, 2.24) is 0 Å². The second-order valence-electron chi connectivity index (χ2n) is 6.06. The van der Waals surface area contributed by atoms with E-state index in [1.54, 1.807) is 0 Å². The van der Waals surface area contributed by atoms with Gasteiger partial charge in [0.25, 0.3) is 0 Å². The molecule has 0 saturated heterocycles. The zero-order valence-corrected chi connectivity index (χ0v) is 12.9. The number of fused-ring (bicyclic) bond motifs is 1. The predicted molar refractivity (Wildman–Crippen MR) is 80.9 cm³/mol. The standard InChI is InChI=1S/C18H13F3O3/c1-17(2)16(23)15(22)13-7-6-11(9-14(13)24-17)10-4-3-5-12(8-10)18(19,20)21/h3-9H,1-2H3. The third-order valence-corrected chi connectivity index (χ3v) is 3.87. The summed E-state index contributed by atoms with van der Waals surface area (Å²) in [7, 11) is 0. The molecule has 2 aromatic carbocycles. The summed E-state index contributed by atoms with van der Waals surface area (Å²) in [5.74, 6) is -1.11. The van der Waals surface area contributed by atoms with Crippen LogP contribution in [0.1, 0.15) is 29.8 Å². The van der Waals surface area contributed by atoms with Gasteiger partial charge in [-0.2, -0.15) is 13.2 Å². The molecule has 0 atom stereocenters. The number of hydrogen-bond acceptors (Lipinski definition) is 3. The molecule has 0 fully saturated rings. The fourth-order valence-electron chi connectivity index (χ4n) is 2.57. The van der Waals surface area contributed by atoms with Crippen molar-refractivity contribution in [2.24, 2.45) is 0 Å². The van der Waals surface area contributed by atoms with Crippen LogP contribution in [0.5, 0.6) is 5.75 Å². The monoisotopic (exact) mass is 334 g/mol. The van der Waals surface area contributed by atoms with E-state index in [4.69, 9.17) is 4.74 Å². The quantitative estimate of drug-likeness (QED) is 0.731. The lowest BCUT2D eigenvalue weighted by molar-refractivity contribution is -0.137. The lowest BCUT2D eigenvalue weighted by Gasteiger charge is -2.30. The van der Waals surface area contributed by atoms with E-state index in [2.05, 4.69) is 0 Å². The van der Waals surface area contributed by atoms with Crippen molar-refractivity contribution in [2.75, 3.05) is 0 Å². The van der Waals surface area contributed by atoms with E-state index in [1.807, 2.05) is 0 Å². The first-order valence-electron chi connectivity index (χ1n) is 7.19. The maximum atomic E-state index is 12.8. The third-order valence-electron chi connectivity index (χ3n) is 3.87. The maximum absolute atomic E-state index is 12.8. The van der Waals surface area contributed by atoms with Crippen LogP contribution in [0.15, 0.2) is 42.5 Å². The second-order valence-corrected chi connectivity index (χ2v) is 6.06. The number of halogens is 3. The number of carbonyl (C=O) groups excluding carboxylic acids is 2. The fraction of sp³-hybridized carbons (Fsp3) is 0.222. The van der Waals surface area contributed by atoms with E-state index in [1.165, 1.54) is 44.2 Å². The van der Waals surface area contributed by atoms with E-state index in [0.29, 0.717) is 11.1 Å². The molecular weight excluding hydrogens is 321 g/mol. The first-order valence-corrected chi connectivity index (χ1v) is 7.19. The van der Waals surface area contributed by atoms with Gasteiger partial charge in [0, 0.05) is 0 Å². The van der Waals surface area contributed by atoms with E-state index >= 15 is 0 Å². The summed E-state index contributed by atoms with van der Waals surface area (Å²) in [6.45, 7) is 2.96. The minimum absolute atomic E-state index is 0.120. The smallest absolute Gasteiger partial charge is 0.416 e. The van der Waals surface area contributed by atoms with Crippen molar-refractivity contribution in [1.29, 1.82) is 0 Å². The van der Waals surface area contributed by atoms with Crippen LogP contribution in [0.4, 0.5) is 13.2 Å². The number of alkyl halides is 3. The lowest BCUT2D eigenvalue weighted by atomic mass is 9.90. The highest BCUT2D eigenvalue weighted by Crippen LogP contribution is 2.36. The molecule has 0 aliphatic carbocycles. The predicted octanol–water partition coefficient (Wildman–Crippen LogP) is 4.30. The Morgan fingerprint density at radius 2 is 1.62 bits per heavy atom. The Kier molecular flexibility index (Phi) is 3.51. The van der Waals surface area contributed by atoms with Crippen molar-refractivity contribution >= 4 is 11.6 Å². The van der Waals surface area contributed by atoms with Crippen LogP contribution in [0, 0.1) is 0 Å². The second kappa shape index (κ2) is 5.19. The molecule has 0 N–H and O–H groups in total. The summed E-state index contributed by atoms with van der Waals surface area (Å²) >= 11 is 0. The SMILES string of the molecule is CC1(C)Oc2cc(-c3cccc(C(F)(F)F)c3)ccc2C(=O)C1=O. The molecule has 124 valence electrons. The van der Waals surface area contributed by atoms with Gasteiger partial charge in [-0.15, -0.1) is 0 Å². The summed E-state index contributed by atoms with van der Waals surface area (Å²) in [6, 6.07) is 9.26. The highest BCUT2D eigenvalue weighted by atomic mass is 19.4. The van der Waals surface area contributed by atoms with Gasteiger partial charge >= 0.3 is 6.18 Å². The van der Waals surface area contributed by atoms with E-state index in [9.17, 15) is 22.8 Å². The Morgan fingerprint density at radius 1 is 0.958 bits per heavy atom. The van der Waals surface area contributed by atoms with E-state index < -0.39 is 28.9 Å². The minimum atomic E-state index is -4.44. The normalized spacial score (nSPS) is 16.5. The highest BCUT2D eigenvalue weighted by molar-refractivity contribution is 6.47. The van der Waals surface area contributed by atoms with Crippen molar-refractivity contribution < 1.29 is 27.5 Å². The molecule has 3 nitrogen and oxygen atoms in total. The molecule has 0 unspecified atom stereocenters. The number of rotatable bonds is 1. The summed E-state index contributed by atoms with van der Waals surface area (Å²) < 4.78 is 44.1. The molecule has 6 heteroatoms.